The van der Waals surface area contributed by atoms with E-state index in [2.05, 4.69) is 46.8 Å². The van der Waals surface area contributed by atoms with Crippen LogP contribution < -0.4 is 4.90 Å². The number of hydrogen-bond donors (Lipinski definition) is 1. The Kier molecular flexibility index (Phi) is 7.23. The normalized spacial score (nSPS) is 14.3. The molecule has 3 aromatic carbocycles. The Bertz CT molecular complexity index is 1400. The molecular formula is C30H28N2O3S. The number of carboxylic acids is 1. The van der Waals surface area contributed by atoms with Crippen molar-refractivity contribution in [3.8, 4) is 11.1 Å². The number of nitrogens with zero attached hydrogens (tertiary/aromatic N) is 2. The Morgan fingerprint density at radius 2 is 1.75 bits per heavy atom. The number of benzene rings is 3. The molecule has 5 rings (SSSR count). The third-order valence-corrected chi connectivity index (χ3v) is 7.58. The third-order valence-electron chi connectivity index (χ3n) is 6.80. The molecule has 1 N–H and O–H groups in total. The number of amides is 1. The number of carbonyl (C=O) groups excluding carboxylic acids is 1. The number of hydrogen-bond acceptors (Lipinski definition) is 4. The second-order valence-electron chi connectivity index (χ2n) is 9.30. The summed E-state index contributed by atoms with van der Waals surface area (Å²) in [4.78, 5) is 26.5. The van der Waals surface area contributed by atoms with Crippen LogP contribution in [0.25, 0.3) is 27.3 Å². The number of carbonyl (C=O) groups is 2. The molecule has 0 unspecified atom stereocenters. The molecule has 182 valence electrons. The summed E-state index contributed by atoms with van der Waals surface area (Å²) in [5.74, 6) is -0.819. The topological polar surface area (TPSA) is 70.5 Å². The highest BCUT2D eigenvalue weighted by Crippen LogP contribution is 2.30. The summed E-state index contributed by atoms with van der Waals surface area (Å²) in [7, 11) is 0. The minimum Gasteiger partial charge on any atom is -0.478 e. The van der Waals surface area contributed by atoms with Gasteiger partial charge in [-0.25, -0.2) is 4.79 Å². The van der Waals surface area contributed by atoms with Crippen molar-refractivity contribution >= 4 is 45.3 Å². The highest BCUT2D eigenvalue weighted by Gasteiger charge is 2.27. The first kappa shape index (κ1) is 23.9. The van der Waals surface area contributed by atoms with Gasteiger partial charge < -0.3 is 10.0 Å². The van der Waals surface area contributed by atoms with Crippen LogP contribution in [0.1, 0.15) is 43.2 Å². The molecule has 0 atom stereocenters. The highest BCUT2D eigenvalue weighted by atomic mass is 32.1. The van der Waals surface area contributed by atoms with Gasteiger partial charge in [-0.15, -0.1) is 0 Å². The maximum absolute atomic E-state index is 13.7. The van der Waals surface area contributed by atoms with Crippen molar-refractivity contribution in [2.75, 3.05) is 4.90 Å². The van der Waals surface area contributed by atoms with Crippen molar-refractivity contribution in [2.45, 2.75) is 38.6 Å². The monoisotopic (exact) mass is 496 g/mol. The lowest BCUT2D eigenvalue weighted by molar-refractivity contribution is -0.131. The van der Waals surface area contributed by atoms with E-state index < -0.39 is 5.97 Å². The van der Waals surface area contributed by atoms with Gasteiger partial charge in [0.2, 0.25) is 5.91 Å². The van der Waals surface area contributed by atoms with Crippen LogP contribution in [0.4, 0.5) is 5.69 Å². The molecule has 1 amide bonds. The molecule has 1 aromatic heterocycles. The zero-order valence-electron chi connectivity index (χ0n) is 20.0. The lowest BCUT2D eigenvalue weighted by atomic mass is 9.88. The Morgan fingerprint density at radius 1 is 0.972 bits per heavy atom. The summed E-state index contributed by atoms with van der Waals surface area (Å²) >= 11 is 1.50. The Balaban J connectivity index is 1.42. The summed E-state index contributed by atoms with van der Waals surface area (Å²) in [6.45, 7) is 0.467. The van der Waals surface area contributed by atoms with Crippen LogP contribution in [0.3, 0.4) is 0 Å². The first-order chi connectivity index (χ1) is 17.6. The van der Waals surface area contributed by atoms with E-state index in [4.69, 9.17) is 5.11 Å². The van der Waals surface area contributed by atoms with Crippen LogP contribution in [0.15, 0.2) is 79.0 Å². The molecule has 1 aliphatic rings. The maximum Gasteiger partial charge on any atom is 0.328 e. The van der Waals surface area contributed by atoms with Gasteiger partial charge in [-0.3, -0.25) is 4.79 Å². The standard InChI is InChI=1S/C30H28N2O3S/c33-29(34)16-11-21-5-4-8-27(17-21)32(30(35)24-6-2-1-3-7-24)20-22-9-12-23(13-10-22)25-14-15-28-26(18-25)19-31-36-28/h4-5,8-19,24H,1-3,6-7,20H2,(H,33,34)/b16-11+. The third kappa shape index (κ3) is 5.55. The van der Waals surface area contributed by atoms with E-state index in [1.54, 1.807) is 6.08 Å². The minimum absolute atomic E-state index is 0.0298. The Hall–Kier alpha value is -3.77. The van der Waals surface area contributed by atoms with Crippen LogP contribution in [0.2, 0.25) is 0 Å². The first-order valence-electron chi connectivity index (χ1n) is 12.3. The van der Waals surface area contributed by atoms with Gasteiger partial charge in [0, 0.05) is 29.3 Å². The average molecular weight is 497 g/mol. The number of rotatable bonds is 7. The smallest absolute Gasteiger partial charge is 0.328 e. The molecule has 0 bridgehead atoms. The number of fused-ring (bicyclic) bond motifs is 1. The van der Waals surface area contributed by atoms with E-state index in [9.17, 15) is 9.59 Å². The van der Waals surface area contributed by atoms with Crippen LogP contribution in [-0.4, -0.2) is 21.4 Å². The molecule has 0 spiro atoms. The minimum atomic E-state index is -0.995. The van der Waals surface area contributed by atoms with Crippen LogP contribution >= 0.6 is 11.5 Å². The lowest BCUT2D eigenvalue weighted by Gasteiger charge is -2.30. The van der Waals surface area contributed by atoms with Gasteiger partial charge in [-0.05, 0) is 77.0 Å². The highest BCUT2D eigenvalue weighted by molar-refractivity contribution is 7.13. The predicted octanol–water partition coefficient (Wildman–Crippen LogP) is 7.17. The summed E-state index contributed by atoms with van der Waals surface area (Å²) in [6, 6.07) is 22.3. The quantitative estimate of drug-likeness (QED) is 0.275. The van der Waals surface area contributed by atoms with Crippen molar-refractivity contribution in [3.63, 3.8) is 0 Å². The summed E-state index contributed by atoms with van der Waals surface area (Å²) in [6.07, 6.45) is 9.78. The van der Waals surface area contributed by atoms with Crippen LogP contribution in [-0.2, 0) is 16.1 Å². The molecule has 0 saturated heterocycles. The Labute approximate surface area is 214 Å². The number of aliphatic carboxylic acids is 1. The molecule has 1 fully saturated rings. The predicted molar refractivity (Wildman–Crippen MR) is 146 cm³/mol. The molecule has 4 aromatic rings. The fourth-order valence-electron chi connectivity index (χ4n) is 4.87. The van der Waals surface area contributed by atoms with Crippen molar-refractivity contribution in [1.29, 1.82) is 0 Å². The molecule has 5 nitrogen and oxygen atoms in total. The van der Waals surface area contributed by atoms with Crippen molar-refractivity contribution in [2.24, 2.45) is 5.92 Å². The van der Waals surface area contributed by atoms with Gasteiger partial charge in [0.05, 0.1) is 11.2 Å². The van der Waals surface area contributed by atoms with Gasteiger partial charge in [0.1, 0.15) is 0 Å². The van der Waals surface area contributed by atoms with Gasteiger partial charge >= 0.3 is 5.97 Å². The molecule has 36 heavy (non-hydrogen) atoms. The molecule has 6 heteroatoms. The van der Waals surface area contributed by atoms with E-state index >= 15 is 0 Å². The van der Waals surface area contributed by atoms with Crippen molar-refractivity contribution < 1.29 is 14.7 Å². The molecule has 0 radical (unpaired) electrons. The van der Waals surface area contributed by atoms with Crippen molar-refractivity contribution in [1.82, 2.24) is 4.37 Å². The first-order valence-corrected chi connectivity index (χ1v) is 13.1. The van der Waals surface area contributed by atoms with E-state index in [0.717, 1.165) is 65.1 Å². The maximum atomic E-state index is 13.7. The molecule has 0 aliphatic heterocycles. The number of carboxylic acid groups (broad SMARTS) is 1. The second-order valence-corrected chi connectivity index (χ2v) is 10.1. The van der Waals surface area contributed by atoms with Gasteiger partial charge in [-0.2, -0.15) is 4.37 Å². The second kappa shape index (κ2) is 10.9. The van der Waals surface area contributed by atoms with Gasteiger partial charge in [-0.1, -0.05) is 61.7 Å². The Morgan fingerprint density at radius 3 is 2.53 bits per heavy atom. The van der Waals surface area contributed by atoms with Crippen LogP contribution in [0.5, 0.6) is 0 Å². The van der Waals surface area contributed by atoms with Crippen molar-refractivity contribution in [3.05, 3.63) is 90.1 Å². The molecular weight excluding hydrogens is 468 g/mol. The molecule has 1 heterocycles. The van der Waals surface area contributed by atoms with Gasteiger partial charge in [0.25, 0.3) is 0 Å². The largest absolute Gasteiger partial charge is 0.478 e. The number of aromatic nitrogens is 1. The fourth-order valence-corrected chi connectivity index (χ4v) is 5.49. The molecule has 1 aliphatic carbocycles. The van der Waals surface area contributed by atoms with Crippen LogP contribution in [0, 0.1) is 5.92 Å². The fraction of sp³-hybridized carbons (Fsp3) is 0.233. The summed E-state index contributed by atoms with van der Waals surface area (Å²) in [5, 5.41) is 10.1. The van der Waals surface area contributed by atoms with E-state index in [-0.39, 0.29) is 11.8 Å². The van der Waals surface area contributed by atoms with E-state index in [1.807, 2.05) is 35.4 Å². The number of anilines is 1. The SMILES string of the molecule is O=C(O)/C=C/c1cccc(N(Cc2ccc(-c3ccc4sncc4c3)cc2)C(=O)C2CCCCC2)c1. The summed E-state index contributed by atoms with van der Waals surface area (Å²) in [5.41, 5.74) is 4.86. The lowest BCUT2D eigenvalue weighted by Crippen LogP contribution is -2.36. The van der Waals surface area contributed by atoms with E-state index in [1.165, 1.54) is 22.7 Å². The zero-order valence-corrected chi connectivity index (χ0v) is 20.8. The van der Waals surface area contributed by atoms with E-state index in [0.29, 0.717) is 6.54 Å². The molecule has 1 saturated carbocycles. The average Bonchev–Trinajstić information content (AvgIpc) is 3.39. The summed E-state index contributed by atoms with van der Waals surface area (Å²) < 4.78 is 5.44. The van der Waals surface area contributed by atoms with Gasteiger partial charge in [0.15, 0.2) is 0 Å². The zero-order chi connectivity index (χ0) is 24.9.